The second-order valence-electron chi connectivity index (χ2n) is 4.38. The molecule has 2 atom stereocenters. The van der Waals surface area contributed by atoms with Gasteiger partial charge in [-0.3, -0.25) is 4.79 Å². The summed E-state index contributed by atoms with van der Waals surface area (Å²) >= 11 is 0. The van der Waals surface area contributed by atoms with E-state index in [2.05, 4.69) is 4.90 Å². The normalized spacial score (nSPS) is 27.1. The maximum Gasteiger partial charge on any atom is 0.308 e. The highest BCUT2D eigenvalue weighted by Gasteiger charge is 2.37. The molecule has 1 N–H and O–H groups in total. The van der Waals surface area contributed by atoms with Crippen molar-refractivity contribution in [1.82, 2.24) is 9.47 Å². The molecule has 0 bridgehead atoms. The zero-order valence-electron chi connectivity index (χ0n) is 9.05. The SMILES string of the molecule is CN1CC(C(=O)O)C(c2ccn(C)c2)C1. The van der Waals surface area contributed by atoms with Crippen LogP contribution >= 0.6 is 0 Å². The van der Waals surface area contributed by atoms with Crippen molar-refractivity contribution < 1.29 is 9.90 Å². The Hall–Kier alpha value is -1.29. The van der Waals surface area contributed by atoms with Gasteiger partial charge in [-0.25, -0.2) is 0 Å². The number of carboxylic acid groups (broad SMARTS) is 1. The van der Waals surface area contributed by atoms with Crippen molar-refractivity contribution in [3.8, 4) is 0 Å². The summed E-state index contributed by atoms with van der Waals surface area (Å²) in [7, 11) is 3.93. The van der Waals surface area contributed by atoms with Crippen LogP contribution in [0.5, 0.6) is 0 Å². The van der Waals surface area contributed by atoms with Gasteiger partial charge in [-0.05, 0) is 18.7 Å². The number of nitrogens with zero attached hydrogens (tertiary/aromatic N) is 2. The van der Waals surface area contributed by atoms with Crippen LogP contribution in [-0.4, -0.2) is 40.7 Å². The van der Waals surface area contributed by atoms with Crippen molar-refractivity contribution in [2.45, 2.75) is 5.92 Å². The average molecular weight is 208 g/mol. The lowest BCUT2D eigenvalue weighted by Crippen LogP contribution is -2.21. The number of likely N-dealkylation sites (tertiary alicyclic amines) is 1. The summed E-state index contributed by atoms with van der Waals surface area (Å²) in [5.41, 5.74) is 1.13. The van der Waals surface area contributed by atoms with Crippen LogP contribution < -0.4 is 0 Å². The fourth-order valence-electron chi connectivity index (χ4n) is 2.33. The third kappa shape index (κ3) is 1.90. The maximum absolute atomic E-state index is 11.1. The predicted molar refractivity (Wildman–Crippen MR) is 56.8 cm³/mol. The van der Waals surface area contributed by atoms with Gasteiger partial charge < -0.3 is 14.6 Å². The van der Waals surface area contributed by atoms with Crippen LogP contribution in [0.4, 0.5) is 0 Å². The zero-order chi connectivity index (χ0) is 11.0. The Labute approximate surface area is 89.1 Å². The van der Waals surface area contributed by atoms with Crippen LogP contribution in [0.25, 0.3) is 0 Å². The molecule has 4 heteroatoms. The molecule has 82 valence electrons. The Kier molecular flexibility index (Phi) is 2.52. The van der Waals surface area contributed by atoms with Gasteiger partial charge in [0.05, 0.1) is 5.92 Å². The Morgan fingerprint density at radius 1 is 1.47 bits per heavy atom. The fourth-order valence-corrected chi connectivity index (χ4v) is 2.33. The number of likely N-dealkylation sites (N-methyl/N-ethyl adjacent to an activating group) is 1. The fraction of sp³-hybridized carbons (Fsp3) is 0.545. The van der Waals surface area contributed by atoms with Crippen molar-refractivity contribution in [2.24, 2.45) is 13.0 Å². The summed E-state index contributed by atoms with van der Waals surface area (Å²) in [6.45, 7) is 1.48. The molecule has 0 radical (unpaired) electrons. The second-order valence-corrected chi connectivity index (χ2v) is 4.38. The van der Waals surface area contributed by atoms with Crippen molar-refractivity contribution in [3.63, 3.8) is 0 Å². The molecule has 2 unspecified atom stereocenters. The van der Waals surface area contributed by atoms with Gasteiger partial charge in [0.2, 0.25) is 0 Å². The topological polar surface area (TPSA) is 45.5 Å². The zero-order valence-corrected chi connectivity index (χ0v) is 9.05. The molecule has 15 heavy (non-hydrogen) atoms. The standard InChI is InChI=1S/C11H16N2O2/c1-12-4-3-8(5-12)9-6-13(2)7-10(9)11(14)15/h3-5,9-10H,6-7H2,1-2H3,(H,14,15). The molecule has 0 aliphatic carbocycles. The number of carbonyl (C=O) groups is 1. The first-order valence-corrected chi connectivity index (χ1v) is 5.11. The van der Waals surface area contributed by atoms with Gasteiger partial charge >= 0.3 is 5.97 Å². The summed E-state index contributed by atoms with van der Waals surface area (Å²) in [6.07, 6.45) is 3.98. The summed E-state index contributed by atoms with van der Waals surface area (Å²) < 4.78 is 1.96. The molecule has 0 saturated carbocycles. The van der Waals surface area contributed by atoms with E-state index in [9.17, 15) is 4.79 Å². The number of hydrogen-bond donors (Lipinski definition) is 1. The number of aryl methyl sites for hydroxylation is 1. The predicted octanol–water partition coefficient (Wildman–Crippen LogP) is 0.755. The third-order valence-corrected chi connectivity index (χ3v) is 3.10. The van der Waals surface area contributed by atoms with E-state index in [4.69, 9.17) is 5.11 Å². The summed E-state index contributed by atoms with van der Waals surface area (Å²) in [4.78, 5) is 13.2. The third-order valence-electron chi connectivity index (χ3n) is 3.10. The monoisotopic (exact) mass is 208 g/mol. The van der Waals surface area contributed by atoms with Crippen molar-refractivity contribution in [2.75, 3.05) is 20.1 Å². The van der Waals surface area contributed by atoms with Crippen LogP contribution in [-0.2, 0) is 11.8 Å². The smallest absolute Gasteiger partial charge is 0.308 e. The molecule has 4 nitrogen and oxygen atoms in total. The Morgan fingerprint density at radius 2 is 2.20 bits per heavy atom. The number of rotatable bonds is 2. The van der Waals surface area contributed by atoms with Crippen LogP contribution in [0.15, 0.2) is 18.5 Å². The molecular formula is C11H16N2O2. The first-order valence-electron chi connectivity index (χ1n) is 5.11. The molecule has 2 heterocycles. The first-order chi connectivity index (χ1) is 7.08. The number of hydrogen-bond acceptors (Lipinski definition) is 2. The van der Waals surface area contributed by atoms with Crippen LogP contribution in [0.2, 0.25) is 0 Å². The van der Waals surface area contributed by atoms with Crippen LogP contribution in [0.1, 0.15) is 11.5 Å². The minimum atomic E-state index is -0.687. The molecule has 1 aliphatic heterocycles. The number of aliphatic carboxylic acids is 1. The Bertz CT molecular complexity index is 372. The number of carboxylic acids is 1. The van der Waals surface area contributed by atoms with Crippen LogP contribution in [0, 0.1) is 5.92 Å². The van der Waals surface area contributed by atoms with Gasteiger partial charge in [0.1, 0.15) is 0 Å². The van der Waals surface area contributed by atoms with Gasteiger partial charge in [0.25, 0.3) is 0 Å². The lowest BCUT2D eigenvalue weighted by molar-refractivity contribution is -0.141. The molecule has 0 amide bonds. The minimum Gasteiger partial charge on any atom is -0.481 e. The minimum absolute atomic E-state index is 0.133. The van der Waals surface area contributed by atoms with Gasteiger partial charge in [-0.2, -0.15) is 0 Å². The van der Waals surface area contributed by atoms with Crippen molar-refractivity contribution >= 4 is 5.97 Å². The summed E-state index contributed by atoms with van der Waals surface area (Å²) in [5.74, 6) is -0.820. The molecule has 1 aromatic heterocycles. The lowest BCUT2D eigenvalue weighted by atomic mass is 9.91. The molecule has 2 rings (SSSR count). The molecule has 1 saturated heterocycles. The number of aromatic nitrogens is 1. The Morgan fingerprint density at radius 3 is 2.73 bits per heavy atom. The Balaban J connectivity index is 2.24. The van der Waals surface area contributed by atoms with E-state index in [-0.39, 0.29) is 11.8 Å². The molecule has 0 spiro atoms. The van der Waals surface area contributed by atoms with E-state index in [0.29, 0.717) is 6.54 Å². The highest BCUT2D eigenvalue weighted by Crippen LogP contribution is 2.32. The highest BCUT2D eigenvalue weighted by atomic mass is 16.4. The van der Waals surface area contributed by atoms with E-state index in [0.717, 1.165) is 12.1 Å². The van der Waals surface area contributed by atoms with Gasteiger partial charge in [-0.1, -0.05) is 0 Å². The van der Waals surface area contributed by atoms with E-state index < -0.39 is 5.97 Å². The lowest BCUT2D eigenvalue weighted by Gasteiger charge is -2.12. The van der Waals surface area contributed by atoms with E-state index in [1.807, 2.05) is 37.1 Å². The van der Waals surface area contributed by atoms with E-state index in [1.165, 1.54) is 0 Å². The molecule has 1 aromatic rings. The van der Waals surface area contributed by atoms with Crippen molar-refractivity contribution in [3.05, 3.63) is 24.0 Å². The largest absolute Gasteiger partial charge is 0.481 e. The van der Waals surface area contributed by atoms with Crippen molar-refractivity contribution in [1.29, 1.82) is 0 Å². The quantitative estimate of drug-likeness (QED) is 0.780. The maximum atomic E-state index is 11.1. The summed E-state index contributed by atoms with van der Waals surface area (Å²) in [6, 6.07) is 2.01. The van der Waals surface area contributed by atoms with E-state index >= 15 is 0 Å². The molecular weight excluding hydrogens is 192 g/mol. The highest BCUT2D eigenvalue weighted by molar-refractivity contribution is 5.72. The van der Waals surface area contributed by atoms with Gasteiger partial charge in [-0.15, -0.1) is 0 Å². The second kappa shape index (κ2) is 3.70. The van der Waals surface area contributed by atoms with Gasteiger partial charge in [0, 0.05) is 38.4 Å². The average Bonchev–Trinajstić information content (AvgIpc) is 2.71. The molecule has 1 fully saturated rings. The molecule has 1 aliphatic rings. The summed E-state index contributed by atoms with van der Waals surface area (Å²) in [5, 5.41) is 9.14. The van der Waals surface area contributed by atoms with E-state index in [1.54, 1.807) is 0 Å². The van der Waals surface area contributed by atoms with Crippen LogP contribution in [0.3, 0.4) is 0 Å². The van der Waals surface area contributed by atoms with Gasteiger partial charge in [0.15, 0.2) is 0 Å². The molecule has 0 aromatic carbocycles. The first kappa shape index (κ1) is 10.2.